The van der Waals surface area contributed by atoms with Gasteiger partial charge < -0.3 is 10.5 Å². The zero-order valence-corrected chi connectivity index (χ0v) is 10.7. The lowest BCUT2D eigenvalue weighted by atomic mass is 10.0. The fraction of sp³-hybridized carbons (Fsp3) is 0.571. The third-order valence-electron chi connectivity index (χ3n) is 3.60. The highest BCUT2D eigenvalue weighted by molar-refractivity contribution is 5.25. The molecule has 3 heteroatoms. The van der Waals surface area contributed by atoms with Crippen molar-refractivity contribution in [3.8, 4) is 0 Å². The van der Waals surface area contributed by atoms with Crippen LogP contribution in [0.4, 0.5) is 0 Å². The van der Waals surface area contributed by atoms with Crippen molar-refractivity contribution in [3.63, 3.8) is 0 Å². The topological polar surface area (TPSA) is 38.5 Å². The molecule has 0 aromatic heterocycles. The minimum atomic E-state index is 0.329. The summed E-state index contributed by atoms with van der Waals surface area (Å²) in [7, 11) is 1.79. The Balaban J connectivity index is 2.11. The minimum absolute atomic E-state index is 0.329. The SMILES string of the molecule is COC1CCN(C(CN)c2cccc(C)c2)C1. The van der Waals surface area contributed by atoms with Gasteiger partial charge in [-0.3, -0.25) is 4.90 Å². The van der Waals surface area contributed by atoms with Gasteiger partial charge in [0.1, 0.15) is 0 Å². The molecular formula is C14H22N2O. The molecule has 1 aliphatic rings. The van der Waals surface area contributed by atoms with Crippen molar-refractivity contribution in [1.82, 2.24) is 4.90 Å². The van der Waals surface area contributed by atoms with E-state index in [1.807, 2.05) is 0 Å². The summed E-state index contributed by atoms with van der Waals surface area (Å²) in [5.41, 5.74) is 8.56. The van der Waals surface area contributed by atoms with E-state index in [2.05, 4.69) is 36.1 Å². The zero-order valence-electron chi connectivity index (χ0n) is 10.7. The number of benzene rings is 1. The molecule has 0 amide bonds. The molecule has 1 fully saturated rings. The third-order valence-corrected chi connectivity index (χ3v) is 3.60. The summed E-state index contributed by atoms with van der Waals surface area (Å²) in [6.07, 6.45) is 1.48. The molecule has 2 unspecified atom stereocenters. The first kappa shape index (κ1) is 12.6. The lowest BCUT2D eigenvalue weighted by Gasteiger charge is -2.27. The number of hydrogen-bond donors (Lipinski definition) is 1. The van der Waals surface area contributed by atoms with E-state index in [4.69, 9.17) is 10.5 Å². The molecular weight excluding hydrogens is 212 g/mol. The maximum atomic E-state index is 5.94. The van der Waals surface area contributed by atoms with E-state index in [1.165, 1.54) is 11.1 Å². The number of ether oxygens (including phenoxy) is 1. The average molecular weight is 234 g/mol. The minimum Gasteiger partial charge on any atom is -0.380 e. The van der Waals surface area contributed by atoms with Gasteiger partial charge in [-0.2, -0.15) is 0 Å². The normalized spacial score (nSPS) is 22.9. The van der Waals surface area contributed by atoms with Gasteiger partial charge in [0.15, 0.2) is 0 Å². The Kier molecular flexibility index (Phi) is 4.15. The second kappa shape index (κ2) is 5.63. The largest absolute Gasteiger partial charge is 0.380 e. The van der Waals surface area contributed by atoms with Crippen molar-refractivity contribution < 1.29 is 4.74 Å². The van der Waals surface area contributed by atoms with Gasteiger partial charge in [0, 0.05) is 32.8 Å². The number of nitrogens with zero attached hydrogens (tertiary/aromatic N) is 1. The molecule has 1 aromatic rings. The molecule has 0 bridgehead atoms. The summed E-state index contributed by atoms with van der Waals surface area (Å²) >= 11 is 0. The number of aryl methyl sites for hydroxylation is 1. The molecule has 1 aromatic carbocycles. The molecule has 2 rings (SSSR count). The van der Waals surface area contributed by atoms with E-state index in [0.29, 0.717) is 18.7 Å². The molecule has 0 radical (unpaired) electrons. The van der Waals surface area contributed by atoms with Crippen LogP contribution in [0.2, 0.25) is 0 Å². The highest BCUT2D eigenvalue weighted by atomic mass is 16.5. The van der Waals surface area contributed by atoms with E-state index in [-0.39, 0.29) is 0 Å². The van der Waals surface area contributed by atoms with Gasteiger partial charge in [-0.1, -0.05) is 29.8 Å². The Labute approximate surface area is 104 Å². The average Bonchev–Trinajstić information content (AvgIpc) is 2.79. The molecule has 2 atom stereocenters. The second-order valence-electron chi connectivity index (χ2n) is 4.81. The smallest absolute Gasteiger partial charge is 0.0710 e. The molecule has 2 N–H and O–H groups in total. The Morgan fingerprint density at radius 2 is 2.35 bits per heavy atom. The Hall–Kier alpha value is -0.900. The van der Waals surface area contributed by atoms with Crippen molar-refractivity contribution in [2.24, 2.45) is 5.73 Å². The molecule has 0 aliphatic carbocycles. The summed E-state index contributed by atoms with van der Waals surface area (Å²) in [6, 6.07) is 8.97. The van der Waals surface area contributed by atoms with Crippen molar-refractivity contribution in [3.05, 3.63) is 35.4 Å². The van der Waals surface area contributed by atoms with E-state index in [9.17, 15) is 0 Å². The Morgan fingerprint density at radius 1 is 1.53 bits per heavy atom. The van der Waals surface area contributed by atoms with Crippen molar-refractivity contribution in [2.45, 2.75) is 25.5 Å². The highest BCUT2D eigenvalue weighted by Crippen LogP contribution is 2.25. The van der Waals surface area contributed by atoms with Crippen LogP contribution in [0.3, 0.4) is 0 Å². The first-order valence-electron chi connectivity index (χ1n) is 6.28. The van der Waals surface area contributed by atoms with Gasteiger partial charge in [-0.15, -0.1) is 0 Å². The number of hydrogen-bond acceptors (Lipinski definition) is 3. The predicted octanol–water partition coefficient (Wildman–Crippen LogP) is 1.72. The first-order chi connectivity index (χ1) is 8.24. The summed E-state index contributed by atoms with van der Waals surface area (Å²) in [6.45, 7) is 4.86. The van der Waals surface area contributed by atoms with E-state index in [0.717, 1.165) is 19.5 Å². The monoisotopic (exact) mass is 234 g/mol. The molecule has 0 spiro atoms. The van der Waals surface area contributed by atoms with Crippen LogP contribution in [0.15, 0.2) is 24.3 Å². The van der Waals surface area contributed by atoms with E-state index < -0.39 is 0 Å². The van der Waals surface area contributed by atoms with Crippen LogP contribution in [0, 0.1) is 6.92 Å². The van der Waals surface area contributed by atoms with Gasteiger partial charge >= 0.3 is 0 Å². The number of nitrogens with two attached hydrogens (primary N) is 1. The summed E-state index contributed by atoms with van der Waals surface area (Å²) < 4.78 is 5.41. The number of rotatable bonds is 4. The van der Waals surface area contributed by atoms with Crippen LogP contribution in [-0.4, -0.2) is 37.7 Å². The van der Waals surface area contributed by atoms with E-state index in [1.54, 1.807) is 7.11 Å². The first-order valence-corrected chi connectivity index (χ1v) is 6.28. The lowest BCUT2D eigenvalue weighted by molar-refractivity contribution is 0.101. The van der Waals surface area contributed by atoms with Crippen LogP contribution < -0.4 is 5.73 Å². The van der Waals surface area contributed by atoms with Crippen LogP contribution in [0.5, 0.6) is 0 Å². The molecule has 1 heterocycles. The molecule has 1 aliphatic heterocycles. The number of methoxy groups -OCH3 is 1. The van der Waals surface area contributed by atoms with Crippen LogP contribution in [0.1, 0.15) is 23.6 Å². The fourth-order valence-electron chi connectivity index (χ4n) is 2.60. The van der Waals surface area contributed by atoms with Crippen LogP contribution in [0.25, 0.3) is 0 Å². The van der Waals surface area contributed by atoms with Crippen molar-refractivity contribution in [2.75, 3.05) is 26.7 Å². The van der Waals surface area contributed by atoms with Crippen LogP contribution >= 0.6 is 0 Å². The maximum Gasteiger partial charge on any atom is 0.0710 e. The number of likely N-dealkylation sites (tertiary alicyclic amines) is 1. The maximum absolute atomic E-state index is 5.94. The predicted molar refractivity (Wildman–Crippen MR) is 70.0 cm³/mol. The molecule has 3 nitrogen and oxygen atoms in total. The molecule has 17 heavy (non-hydrogen) atoms. The van der Waals surface area contributed by atoms with Gasteiger partial charge in [-0.05, 0) is 18.9 Å². The summed E-state index contributed by atoms with van der Waals surface area (Å²) in [4.78, 5) is 2.43. The fourth-order valence-corrected chi connectivity index (χ4v) is 2.60. The summed E-state index contributed by atoms with van der Waals surface area (Å²) in [5.74, 6) is 0. The van der Waals surface area contributed by atoms with Gasteiger partial charge in [0.25, 0.3) is 0 Å². The van der Waals surface area contributed by atoms with Crippen molar-refractivity contribution in [1.29, 1.82) is 0 Å². The van der Waals surface area contributed by atoms with Gasteiger partial charge in [-0.25, -0.2) is 0 Å². The molecule has 1 saturated heterocycles. The third kappa shape index (κ3) is 2.86. The zero-order chi connectivity index (χ0) is 12.3. The van der Waals surface area contributed by atoms with Gasteiger partial charge in [0.2, 0.25) is 0 Å². The quantitative estimate of drug-likeness (QED) is 0.862. The Morgan fingerprint density at radius 3 is 2.94 bits per heavy atom. The van der Waals surface area contributed by atoms with Crippen LogP contribution in [-0.2, 0) is 4.74 Å². The molecule has 94 valence electrons. The lowest BCUT2D eigenvalue weighted by Crippen LogP contribution is -2.33. The Bertz CT molecular complexity index is 367. The summed E-state index contributed by atoms with van der Waals surface area (Å²) in [5, 5.41) is 0. The van der Waals surface area contributed by atoms with E-state index >= 15 is 0 Å². The standard InChI is InChI=1S/C14H22N2O/c1-11-4-3-5-12(8-11)14(9-15)16-7-6-13(10-16)17-2/h3-5,8,13-14H,6-7,9-10,15H2,1-2H3. The molecule has 0 saturated carbocycles. The van der Waals surface area contributed by atoms with Gasteiger partial charge in [0.05, 0.1) is 6.10 Å². The highest BCUT2D eigenvalue weighted by Gasteiger charge is 2.28. The second-order valence-corrected chi connectivity index (χ2v) is 4.81. The van der Waals surface area contributed by atoms with Crippen molar-refractivity contribution >= 4 is 0 Å².